The first kappa shape index (κ1) is 19.5. The molecule has 0 aliphatic heterocycles. The van der Waals surface area contributed by atoms with Crippen molar-refractivity contribution >= 4 is 5.97 Å². The quantitative estimate of drug-likeness (QED) is 0.529. The molecule has 0 heterocycles. The van der Waals surface area contributed by atoms with Crippen LogP contribution in [0, 0.1) is 35.0 Å². The van der Waals surface area contributed by atoms with E-state index in [1.807, 2.05) is 0 Å². The van der Waals surface area contributed by atoms with Gasteiger partial charge in [0.1, 0.15) is 6.10 Å². The molecule has 3 saturated carbocycles. The number of hydrogen-bond acceptors (Lipinski definition) is 3. The van der Waals surface area contributed by atoms with Crippen LogP contribution in [-0.4, -0.2) is 33.5 Å². The van der Waals surface area contributed by atoms with Crippen LogP contribution in [0.1, 0.15) is 71.1 Å². The minimum absolute atomic E-state index is 0.0346. The molecular weight excluding hydrogens is 328 g/mol. The fourth-order valence-corrected chi connectivity index (χ4v) is 5.20. The van der Waals surface area contributed by atoms with Crippen LogP contribution in [0.4, 0.5) is 0 Å². The van der Waals surface area contributed by atoms with Gasteiger partial charge in [0.25, 0.3) is 0 Å². The SMILES string of the molecule is C[C@]12CC[C@@H](O)[C@H](C#CC(O)C3CCCCC3)[C@H]1C/C2=C\CCC(=O)O. The van der Waals surface area contributed by atoms with Gasteiger partial charge < -0.3 is 15.3 Å². The number of allylic oxidation sites excluding steroid dienone is 2. The molecule has 0 aromatic rings. The van der Waals surface area contributed by atoms with Crippen LogP contribution in [0.25, 0.3) is 0 Å². The van der Waals surface area contributed by atoms with Crippen LogP contribution in [-0.2, 0) is 4.79 Å². The van der Waals surface area contributed by atoms with E-state index in [1.54, 1.807) is 0 Å². The van der Waals surface area contributed by atoms with Crippen molar-refractivity contribution in [1.82, 2.24) is 0 Å². The highest BCUT2D eigenvalue weighted by Gasteiger charge is 2.54. The first-order chi connectivity index (χ1) is 12.4. The second-order valence-corrected chi connectivity index (χ2v) is 8.65. The Morgan fingerprint density at radius 1 is 1.31 bits per heavy atom. The average molecular weight is 360 g/mol. The van der Waals surface area contributed by atoms with Crippen molar-refractivity contribution in [3.63, 3.8) is 0 Å². The molecule has 26 heavy (non-hydrogen) atoms. The summed E-state index contributed by atoms with van der Waals surface area (Å²) in [4.78, 5) is 10.7. The van der Waals surface area contributed by atoms with Crippen LogP contribution in [0.15, 0.2) is 11.6 Å². The van der Waals surface area contributed by atoms with Crippen molar-refractivity contribution in [2.24, 2.45) is 23.2 Å². The monoisotopic (exact) mass is 360 g/mol. The Morgan fingerprint density at radius 3 is 2.73 bits per heavy atom. The molecule has 4 heteroatoms. The maximum absolute atomic E-state index is 10.7. The maximum atomic E-state index is 10.7. The van der Waals surface area contributed by atoms with Gasteiger partial charge >= 0.3 is 5.97 Å². The zero-order valence-corrected chi connectivity index (χ0v) is 15.8. The molecule has 144 valence electrons. The maximum Gasteiger partial charge on any atom is 0.303 e. The van der Waals surface area contributed by atoms with Crippen molar-refractivity contribution in [3.05, 3.63) is 11.6 Å². The Balaban J connectivity index is 1.65. The number of fused-ring (bicyclic) bond motifs is 1. The molecule has 0 aromatic heterocycles. The minimum Gasteiger partial charge on any atom is -0.481 e. The fraction of sp³-hybridized carbons (Fsp3) is 0.773. The van der Waals surface area contributed by atoms with E-state index in [9.17, 15) is 15.0 Å². The van der Waals surface area contributed by atoms with E-state index in [4.69, 9.17) is 5.11 Å². The van der Waals surface area contributed by atoms with Crippen LogP contribution >= 0.6 is 0 Å². The van der Waals surface area contributed by atoms with Gasteiger partial charge in [0, 0.05) is 6.42 Å². The Bertz CT molecular complexity index is 607. The van der Waals surface area contributed by atoms with Gasteiger partial charge in [-0.15, -0.1) is 0 Å². The fourth-order valence-electron chi connectivity index (χ4n) is 5.20. The highest BCUT2D eigenvalue weighted by Crippen LogP contribution is 2.60. The van der Waals surface area contributed by atoms with E-state index in [2.05, 4.69) is 24.8 Å². The third-order valence-corrected chi connectivity index (χ3v) is 7.04. The smallest absolute Gasteiger partial charge is 0.303 e. The number of carboxylic acids is 1. The standard InChI is InChI=1S/C22H32O4/c1-22-13-12-20(24)17(10-11-19(23)15-6-3-2-4-7-15)18(22)14-16(22)8-5-9-21(25)26/h8,15,17-20,23-24H,2-7,9,12-14H2,1H3,(H,25,26)/b16-8+/t17-,18-,19?,20-,22-/m1/s1. The normalized spacial score (nSPS) is 37.2. The molecule has 0 radical (unpaired) electrons. The number of carboxylic acid groups (broad SMARTS) is 1. The summed E-state index contributed by atoms with van der Waals surface area (Å²) in [7, 11) is 0. The van der Waals surface area contributed by atoms with Crippen molar-refractivity contribution < 1.29 is 20.1 Å². The largest absolute Gasteiger partial charge is 0.481 e. The van der Waals surface area contributed by atoms with Gasteiger partial charge in [-0.1, -0.05) is 49.7 Å². The topological polar surface area (TPSA) is 77.8 Å². The Hall–Kier alpha value is -1.31. The summed E-state index contributed by atoms with van der Waals surface area (Å²) < 4.78 is 0. The molecule has 0 saturated heterocycles. The van der Waals surface area contributed by atoms with Crippen molar-refractivity contribution in [2.75, 3.05) is 0 Å². The first-order valence-corrected chi connectivity index (χ1v) is 10.2. The summed E-state index contributed by atoms with van der Waals surface area (Å²) in [6, 6.07) is 0. The predicted molar refractivity (Wildman–Crippen MR) is 100 cm³/mol. The highest BCUT2D eigenvalue weighted by atomic mass is 16.4. The van der Waals surface area contributed by atoms with E-state index in [1.165, 1.54) is 24.8 Å². The molecule has 0 bridgehead atoms. The lowest BCUT2D eigenvalue weighted by atomic mass is 9.48. The number of carbonyl (C=O) groups is 1. The van der Waals surface area contributed by atoms with E-state index >= 15 is 0 Å². The molecule has 3 aliphatic rings. The van der Waals surface area contributed by atoms with Crippen LogP contribution in [0.2, 0.25) is 0 Å². The molecule has 3 N–H and O–H groups in total. The van der Waals surface area contributed by atoms with E-state index in [0.29, 0.717) is 12.3 Å². The molecule has 3 fully saturated rings. The first-order valence-electron chi connectivity index (χ1n) is 10.2. The van der Waals surface area contributed by atoms with Crippen molar-refractivity contribution in [1.29, 1.82) is 0 Å². The molecule has 1 unspecified atom stereocenters. The number of aliphatic carboxylic acids is 1. The Kier molecular flexibility index (Phi) is 6.10. The summed E-state index contributed by atoms with van der Waals surface area (Å²) in [5.41, 5.74) is 1.36. The van der Waals surface area contributed by atoms with Gasteiger partial charge in [0.15, 0.2) is 0 Å². The van der Waals surface area contributed by atoms with Crippen LogP contribution < -0.4 is 0 Å². The molecule has 3 rings (SSSR count). The summed E-state index contributed by atoms with van der Waals surface area (Å²) in [5, 5.41) is 29.7. The Morgan fingerprint density at radius 2 is 2.04 bits per heavy atom. The van der Waals surface area contributed by atoms with E-state index < -0.39 is 18.2 Å². The molecule has 4 nitrogen and oxygen atoms in total. The zero-order chi connectivity index (χ0) is 18.7. The second kappa shape index (κ2) is 8.15. The molecule has 5 atom stereocenters. The van der Waals surface area contributed by atoms with Crippen molar-refractivity contribution in [2.45, 2.75) is 83.3 Å². The lowest BCUT2D eigenvalue weighted by Crippen LogP contribution is -2.51. The average Bonchev–Trinajstić information content (AvgIpc) is 2.63. The van der Waals surface area contributed by atoms with Gasteiger partial charge in [-0.2, -0.15) is 0 Å². The molecular formula is C22H32O4. The predicted octanol–water partition coefficient (Wildman–Crippen LogP) is 3.52. The van der Waals surface area contributed by atoms with Gasteiger partial charge in [-0.25, -0.2) is 0 Å². The molecule has 3 aliphatic carbocycles. The second-order valence-electron chi connectivity index (χ2n) is 8.65. The lowest BCUT2D eigenvalue weighted by Gasteiger charge is -2.57. The van der Waals surface area contributed by atoms with Gasteiger partial charge in [-0.3, -0.25) is 4.79 Å². The summed E-state index contributed by atoms with van der Waals surface area (Å²) >= 11 is 0. The van der Waals surface area contributed by atoms with Gasteiger partial charge in [0.05, 0.1) is 12.0 Å². The Labute approximate surface area is 156 Å². The number of aliphatic hydroxyl groups excluding tert-OH is 2. The minimum atomic E-state index is -0.762. The molecule has 0 aromatic carbocycles. The van der Waals surface area contributed by atoms with E-state index in [0.717, 1.165) is 32.1 Å². The zero-order valence-electron chi connectivity index (χ0n) is 15.8. The summed E-state index contributed by atoms with van der Waals surface area (Å²) in [5.74, 6) is 6.08. The summed E-state index contributed by atoms with van der Waals surface area (Å²) in [6.07, 6.45) is 10.1. The van der Waals surface area contributed by atoms with Crippen molar-refractivity contribution in [3.8, 4) is 11.8 Å². The highest BCUT2D eigenvalue weighted by molar-refractivity contribution is 5.66. The van der Waals surface area contributed by atoms with E-state index in [-0.39, 0.29) is 23.7 Å². The third-order valence-electron chi connectivity index (χ3n) is 7.04. The summed E-state index contributed by atoms with van der Waals surface area (Å²) in [6.45, 7) is 2.23. The number of rotatable bonds is 4. The third kappa shape index (κ3) is 4.00. The molecule has 0 amide bonds. The van der Waals surface area contributed by atoms with Gasteiger partial charge in [-0.05, 0) is 55.8 Å². The van der Waals surface area contributed by atoms with Gasteiger partial charge in [0.2, 0.25) is 0 Å². The lowest BCUT2D eigenvalue weighted by molar-refractivity contribution is -0.136. The number of aliphatic hydroxyl groups is 2. The van der Waals surface area contributed by atoms with Crippen LogP contribution in [0.3, 0.4) is 0 Å². The number of hydrogen-bond donors (Lipinski definition) is 3. The molecule has 0 spiro atoms. The van der Waals surface area contributed by atoms with Crippen LogP contribution in [0.5, 0.6) is 0 Å².